The van der Waals surface area contributed by atoms with Crippen molar-refractivity contribution in [3.63, 3.8) is 0 Å². The number of nitrogens with zero attached hydrogens (tertiary/aromatic N) is 4. The molecule has 1 N–H and O–H groups in total. The van der Waals surface area contributed by atoms with Crippen LogP contribution in [0.2, 0.25) is 0 Å². The van der Waals surface area contributed by atoms with Crippen LogP contribution in [-0.2, 0) is 5.54 Å². The second-order valence-corrected chi connectivity index (χ2v) is 3.71. The van der Waals surface area contributed by atoms with Crippen LogP contribution in [0.3, 0.4) is 0 Å². The highest BCUT2D eigenvalue weighted by Crippen LogP contribution is 2.27. The summed E-state index contributed by atoms with van der Waals surface area (Å²) in [6.45, 7) is 0. The lowest BCUT2D eigenvalue weighted by molar-refractivity contribution is 0.621. The van der Waals surface area contributed by atoms with Crippen molar-refractivity contribution in [2.24, 2.45) is 4.99 Å². The molecule has 16 heavy (non-hydrogen) atoms. The molecule has 0 amide bonds. The molecule has 0 spiro atoms. The molecule has 0 saturated carbocycles. The van der Waals surface area contributed by atoms with Gasteiger partial charge in [0.25, 0.3) is 0 Å². The summed E-state index contributed by atoms with van der Waals surface area (Å²) in [5.74, 6) is 0. The van der Waals surface area contributed by atoms with Gasteiger partial charge in [-0.3, -0.25) is 9.97 Å². The van der Waals surface area contributed by atoms with E-state index in [0.717, 1.165) is 0 Å². The first kappa shape index (κ1) is 10.9. The summed E-state index contributed by atoms with van der Waals surface area (Å²) in [6.07, 6.45) is 5.82. The van der Waals surface area contributed by atoms with Crippen molar-refractivity contribution >= 4 is 28.4 Å². The van der Waals surface area contributed by atoms with Crippen LogP contribution < -0.4 is 5.32 Å². The highest BCUT2D eigenvalue weighted by molar-refractivity contribution is 6.68. The van der Waals surface area contributed by atoms with Crippen LogP contribution in [0.15, 0.2) is 34.9 Å². The Kier molecular flexibility index (Phi) is 2.77. The fourth-order valence-electron chi connectivity index (χ4n) is 1.25. The summed E-state index contributed by atoms with van der Waals surface area (Å²) >= 11 is 11.6. The van der Waals surface area contributed by atoms with Gasteiger partial charge in [-0.15, -0.1) is 0 Å². The number of nitriles is 1. The van der Waals surface area contributed by atoms with Gasteiger partial charge in [0.05, 0.1) is 6.20 Å². The number of aromatic nitrogens is 2. The van der Waals surface area contributed by atoms with E-state index in [9.17, 15) is 5.26 Å². The Morgan fingerprint density at radius 1 is 1.38 bits per heavy atom. The summed E-state index contributed by atoms with van der Waals surface area (Å²) < 4.78 is 0. The zero-order valence-electron chi connectivity index (χ0n) is 7.85. The lowest BCUT2D eigenvalue weighted by Crippen LogP contribution is -2.46. The Morgan fingerprint density at radius 2 is 2.19 bits per heavy atom. The van der Waals surface area contributed by atoms with Gasteiger partial charge in [-0.05, 0) is 0 Å². The molecule has 0 saturated heterocycles. The maximum atomic E-state index is 9.23. The maximum Gasteiger partial charge on any atom is 0.222 e. The molecule has 0 fully saturated rings. The molecule has 0 bridgehead atoms. The Labute approximate surface area is 101 Å². The van der Waals surface area contributed by atoms with Gasteiger partial charge in [-0.25, -0.2) is 4.99 Å². The van der Waals surface area contributed by atoms with Crippen molar-refractivity contribution in [2.45, 2.75) is 5.54 Å². The quantitative estimate of drug-likeness (QED) is 0.770. The van der Waals surface area contributed by atoms with Crippen molar-refractivity contribution in [3.05, 3.63) is 35.6 Å². The maximum absolute atomic E-state index is 9.23. The highest BCUT2D eigenvalue weighted by atomic mass is 35.5. The molecule has 1 aromatic rings. The van der Waals surface area contributed by atoms with Crippen LogP contribution in [-0.4, -0.2) is 15.1 Å². The fourth-order valence-corrected chi connectivity index (χ4v) is 1.71. The van der Waals surface area contributed by atoms with E-state index in [1.807, 2.05) is 6.07 Å². The molecular weight excluding hydrogens is 249 g/mol. The van der Waals surface area contributed by atoms with Crippen LogP contribution in [0.4, 0.5) is 0 Å². The van der Waals surface area contributed by atoms with E-state index < -0.39 is 5.54 Å². The van der Waals surface area contributed by atoms with E-state index in [2.05, 4.69) is 20.3 Å². The Morgan fingerprint density at radius 3 is 2.75 bits per heavy atom. The first-order valence-electron chi connectivity index (χ1n) is 4.25. The predicted molar refractivity (Wildman–Crippen MR) is 59.7 cm³/mol. The molecule has 1 aliphatic heterocycles. The number of nitrogens with one attached hydrogen (secondary N) is 1. The average Bonchev–Trinajstić information content (AvgIpc) is 2.31. The van der Waals surface area contributed by atoms with Gasteiger partial charge in [-0.2, -0.15) is 5.26 Å². The largest absolute Gasteiger partial charge is 0.360 e. The molecular formula is C9H5Cl2N5. The minimum absolute atomic E-state index is 0.0167. The molecule has 1 aromatic heterocycles. The van der Waals surface area contributed by atoms with Gasteiger partial charge in [0.1, 0.15) is 16.9 Å². The van der Waals surface area contributed by atoms with Gasteiger partial charge in [0.15, 0.2) is 5.17 Å². The number of rotatable bonds is 1. The van der Waals surface area contributed by atoms with Crippen LogP contribution in [0.1, 0.15) is 5.69 Å². The first-order valence-corrected chi connectivity index (χ1v) is 5.00. The molecule has 80 valence electrons. The van der Waals surface area contributed by atoms with Crippen molar-refractivity contribution in [3.8, 4) is 6.07 Å². The van der Waals surface area contributed by atoms with E-state index in [1.54, 1.807) is 0 Å². The summed E-state index contributed by atoms with van der Waals surface area (Å²) in [5.41, 5.74) is -0.944. The Hall–Kier alpha value is -1.64. The molecule has 1 aliphatic rings. The van der Waals surface area contributed by atoms with Gasteiger partial charge in [0.2, 0.25) is 5.54 Å². The fraction of sp³-hybridized carbons (Fsp3) is 0.111. The number of hydrogen-bond donors (Lipinski definition) is 1. The van der Waals surface area contributed by atoms with Crippen LogP contribution in [0.25, 0.3) is 0 Å². The minimum Gasteiger partial charge on any atom is -0.360 e. The number of halogens is 2. The third kappa shape index (κ3) is 1.62. The molecule has 5 nitrogen and oxygen atoms in total. The van der Waals surface area contributed by atoms with Gasteiger partial charge < -0.3 is 5.32 Å². The van der Waals surface area contributed by atoms with E-state index in [1.165, 1.54) is 24.8 Å². The molecule has 0 aliphatic carbocycles. The molecule has 0 aromatic carbocycles. The SMILES string of the molecule is N#CC1(c2cnccn2)NC=C(Cl)N=C1Cl. The molecule has 0 radical (unpaired) electrons. The standard InChI is InChI=1S/C9H5Cl2N5/c10-7-4-15-9(5-12,8(11)16-7)6-3-13-1-2-14-6/h1-4,15H. The van der Waals surface area contributed by atoms with Crippen LogP contribution in [0, 0.1) is 11.3 Å². The van der Waals surface area contributed by atoms with Crippen LogP contribution >= 0.6 is 23.2 Å². The van der Waals surface area contributed by atoms with E-state index in [4.69, 9.17) is 23.2 Å². The lowest BCUT2D eigenvalue weighted by atomic mass is 9.98. The lowest BCUT2D eigenvalue weighted by Gasteiger charge is -2.26. The molecule has 1 atom stereocenters. The average molecular weight is 254 g/mol. The topological polar surface area (TPSA) is 74.0 Å². The monoisotopic (exact) mass is 253 g/mol. The Bertz CT molecular complexity index is 504. The second-order valence-electron chi connectivity index (χ2n) is 2.97. The summed E-state index contributed by atoms with van der Waals surface area (Å²) in [6, 6.07) is 2.02. The normalized spacial score (nSPS) is 23.8. The Balaban J connectivity index is 2.53. The molecule has 2 rings (SSSR count). The third-order valence-electron chi connectivity index (χ3n) is 2.04. The second kappa shape index (κ2) is 4.08. The predicted octanol–water partition coefficient (Wildman–Crippen LogP) is 1.47. The minimum atomic E-state index is -1.31. The van der Waals surface area contributed by atoms with Crippen molar-refractivity contribution in [1.29, 1.82) is 5.26 Å². The first-order chi connectivity index (χ1) is 7.69. The van der Waals surface area contributed by atoms with Gasteiger partial charge in [0, 0.05) is 18.6 Å². The third-order valence-corrected chi connectivity index (χ3v) is 2.60. The van der Waals surface area contributed by atoms with Gasteiger partial charge in [-0.1, -0.05) is 23.2 Å². The van der Waals surface area contributed by atoms with Crippen molar-refractivity contribution in [1.82, 2.24) is 15.3 Å². The highest BCUT2D eigenvalue weighted by Gasteiger charge is 2.40. The van der Waals surface area contributed by atoms with Crippen molar-refractivity contribution in [2.75, 3.05) is 0 Å². The number of hydrogen-bond acceptors (Lipinski definition) is 5. The van der Waals surface area contributed by atoms with E-state index >= 15 is 0 Å². The summed E-state index contributed by atoms with van der Waals surface area (Å²) in [7, 11) is 0. The van der Waals surface area contributed by atoms with Crippen LogP contribution in [0.5, 0.6) is 0 Å². The summed E-state index contributed by atoms with van der Waals surface area (Å²) in [5, 5.41) is 12.2. The van der Waals surface area contributed by atoms with Gasteiger partial charge >= 0.3 is 0 Å². The molecule has 1 unspecified atom stereocenters. The zero-order chi connectivity index (χ0) is 11.6. The van der Waals surface area contributed by atoms with E-state index in [0.29, 0.717) is 5.69 Å². The zero-order valence-corrected chi connectivity index (χ0v) is 9.37. The van der Waals surface area contributed by atoms with E-state index in [-0.39, 0.29) is 10.3 Å². The summed E-state index contributed by atoms with van der Waals surface area (Å²) in [4.78, 5) is 11.8. The van der Waals surface area contributed by atoms with Crippen molar-refractivity contribution < 1.29 is 0 Å². The number of aliphatic imine (C=N–C) groups is 1. The molecule has 7 heteroatoms. The molecule has 2 heterocycles. The smallest absolute Gasteiger partial charge is 0.222 e.